The van der Waals surface area contributed by atoms with Crippen LogP contribution in [0.25, 0.3) is 0 Å². The SMILES string of the molecule is CN(Cc1ccc(N)c(Cl)c1)Cc1ccccn1. The van der Waals surface area contributed by atoms with Gasteiger partial charge in [0.25, 0.3) is 0 Å². The number of pyridine rings is 1. The Balaban J connectivity index is 1.99. The van der Waals surface area contributed by atoms with Gasteiger partial charge in [-0.1, -0.05) is 23.7 Å². The van der Waals surface area contributed by atoms with Crippen molar-refractivity contribution in [3.63, 3.8) is 0 Å². The molecule has 0 aliphatic carbocycles. The number of aromatic nitrogens is 1. The molecule has 0 spiro atoms. The molecule has 0 saturated heterocycles. The van der Waals surface area contributed by atoms with Crippen molar-refractivity contribution in [3.05, 3.63) is 58.9 Å². The van der Waals surface area contributed by atoms with E-state index in [1.54, 1.807) is 0 Å². The highest BCUT2D eigenvalue weighted by Crippen LogP contribution is 2.20. The zero-order valence-electron chi connectivity index (χ0n) is 10.3. The first-order valence-electron chi connectivity index (χ1n) is 5.77. The van der Waals surface area contributed by atoms with Crippen LogP contribution < -0.4 is 5.73 Å². The Bertz CT molecular complexity index is 514. The summed E-state index contributed by atoms with van der Waals surface area (Å²) in [6.45, 7) is 1.62. The molecule has 3 nitrogen and oxygen atoms in total. The maximum absolute atomic E-state index is 6.00. The van der Waals surface area contributed by atoms with Crippen LogP contribution in [0.5, 0.6) is 0 Å². The zero-order valence-corrected chi connectivity index (χ0v) is 11.1. The van der Waals surface area contributed by atoms with Crippen LogP contribution in [0.15, 0.2) is 42.6 Å². The molecular formula is C14H16ClN3. The highest BCUT2D eigenvalue weighted by atomic mass is 35.5. The molecule has 0 radical (unpaired) electrons. The smallest absolute Gasteiger partial charge is 0.0638 e. The third kappa shape index (κ3) is 3.45. The zero-order chi connectivity index (χ0) is 13.0. The molecule has 2 rings (SSSR count). The van der Waals surface area contributed by atoms with Gasteiger partial charge < -0.3 is 5.73 Å². The number of benzene rings is 1. The number of halogens is 1. The first-order valence-corrected chi connectivity index (χ1v) is 6.15. The van der Waals surface area contributed by atoms with E-state index in [9.17, 15) is 0 Å². The minimum Gasteiger partial charge on any atom is -0.398 e. The average Bonchev–Trinajstić information content (AvgIpc) is 2.35. The Morgan fingerprint density at radius 1 is 1.22 bits per heavy atom. The van der Waals surface area contributed by atoms with Crippen molar-refractivity contribution in [1.29, 1.82) is 0 Å². The van der Waals surface area contributed by atoms with Gasteiger partial charge in [-0.3, -0.25) is 9.88 Å². The number of nitrogen functional groups attached to an aromatic ring is 1. The lowest BCUT2D eigenvalue weighted by molar-refractivity contribution is 0.315. The van der Waals surface area contributed by atoms with E-state index in [-0.39, 0.29) is 0 Å². The fourth-order valence-corrected chi connectivity index (χ4v) is 2.01. The van der Waals surface area contributed by atoms with E-state index in [4.69, 9.17) is 17.3 Å². The minimum atomic E-state index is 0.610. The van der Waals surface area contributed by atoms with Gasteiger partial charge in [-0.2, -0.15) is 0 Å². The van der Waals surface area contributed by atoms with Crippen molar-refractivity contribution in [2.75, 3.05) is 12.8 Å². The van der Waals surface area contributed by atoms with E-state index in [1.165, 1.54) is 0 Å². The Kier molecular flexibility index (Phi) is 4.18. The maximum atomic E-state index is 6.00. The summed E-state index contributed by atoms with van der Waals surface area (Å²) in [5.74, 6) is 0. The molecule has 1 heterocycles. The number of rotatable bonds is 4. The van der Waals surface area contributed by atoms with E-state index in [0.717, 1.165) is 24.3 Å². The summed E-state index contributed by atoms with van der Waals surface area (Å²) in [5, 5.41) is 0.610. The van der Waals surface area contributed by atoms with E-state index >= 15 is 0 Å². The number of nitrogens with zero attached hydrogens (tertiary/aromatic N) is 2. The molecule has 0 atom stereocenters. The van der Waals surface area contributed by atoms with Gasteiger partial charge in [0.2, 0.25) is 0 Å². The molecule has 1 aromatic carbocycles. The Morgan fingerprint density at radius 2 is 2.06 bits per heavy atom. The van der Waals surface area contributed by atoms with Crippen molar-refractivity contribution in [1.82, 2.24) is 9.88 Å². The van der Waals surface area contributed by atoms with Crippen LogP contribution in [-0.2, 0) is 13.1 Å². The van der Waals surface area contributed by atoms with Crippen molar-refractivity contribution in [2.24, 2.45) is 0 Å². The van der Waals surface area contributed by atoms with Gasteiger partial charge in [0, 0.05) is 19.3 Å². The van der Waals surface area contributed by atoms with Crippen LogP contribution in [0.2, 0.25) is 5.02 Å². The van der Waals surface area contributed by atoms with Gasteiger partial charge in [-0.05, 0) is 36.9 Å². The van der Waals surface area contributed by atoms with Crippen LogP contribution in [0.4, 0.5) is 5.69 Å². The predicted molar refractivity (Wildman–Crippen MR) is 75.3 cm³/mol. The Labute approximate surface area is 112 Å². The highest BCUT2D eigenvalue weighted by Gasteiger charge is 2.04. The van der Waals surface area contributed by atoms with Gasteiger partial charge in [-0.15, -0.1) is 0 Å². The summed E-state index contributed by atoms with van der Waals surface area (Å²) in [6.07, 6.45) is 1.81. The van der Waals surface area contributed by atoms with Crippen molar-refractivity contribution in [3.8, 4) is 0 Å². The maximum Gasteiger partial charge on any atom is 0.0638 e. The molecule has 0 fully saturated rings. The Morgan fingerprint density at radius 3 is 2.72 bits per heavy atom. The minimum absolute atomic E-state index is 0.610. The summed E-state index contributed by atoms with van der Waals surface area (Å²) in [7, 11) is 2.05. The lowest BCUT2D eigenvalue weighted by Gasteiger charge is -2.16. The lowest BCUT2D eigenvalue weighted by atomic mass is 10.2. The summed E-state index contributed by atoms with van der Waals surface area (Å²) >= 11 is 6.00. The first-order chi connectivity index (χ1) is 8.65. The fraction of sp³-hybridized carbons (Fsp3) is 0.214. The van der Waals surface area contributed by atoms with Crippen LogP contribution in [-0.4, -0.2) is 16.9 Å². The van der Waals surface area contributed by atoms with Gasteiger partial charge in [0.1, 0.15) is 0 Å². The quantitative estimate of drug-likeness (QED) is 0.861. The van der Waals surface area contributed by atoms with Gasteiger partial charge in [0.05, 0.1) is 16.4 Å². The van der Waals surface area contributed by atoms with E-state index < -0.39 is 0 Å². The molecule has 2 aromatic rings. The normalized spacial score (nSPS) is 10.8. The third-order valence-electron chi connectivity index (χ3n) is 2.68. The summed E-state index contributed by atoms with van der Waals surface area (Å²) < 4.78 is 0. The number of nitrogens with two attached hydrogens (primary N) is 1. The largest absolute Gasteiger partial charge is 0.398 e. The molecule has 94 valence electrons. The molecule has 4 heteroatoms. The van der Waals surface area contributed by atoms with Crippen LogP contribution in [0, 0.1) is 0 Å². The fourth-order valence-electron chi connectivity index (χ4n) is 1.80. The summed E-state index contributed by atoms with van der Waals surface area (Å²) in [5.41, 5.74) is 8.51. The van der Waals surface area contributed by atoms with Gasteiger partial charge >= 0.3 is 0 Å². The first kappa shape index (κ1) is 12.9. The molecular weight excluding hydrogens is 246 g/mol. The molecule has 0 saturated carbocycles. The lowest BCUT2D eigenvalue weighted by Crippen LogP contribution is -2.17. The molecule has 0 aliphatic heterocycles. The third-order valence-corrected chi connectivity index (χ3v) is 3.00. The Hall–Kier alpha value is -1.58. The molecule has 0 unspecified atom stereocenters. The van der Waals surface area contributed by atoms with E-state index in [2.05, 4.69) is 16.9 Å². The summed E-state index contributed by atoms with van der Waals surface area (Å²) in [6, 6.07) is 11.7. The van der Waals surface area contributed by atoms with Crippen molar-refractivity contribution < 1.29 is 0 Å². The second-order valence-corrected chi connectivity index (χ2v) is 4.76. The summed E-state index contributed by atoms with van der Waals surface area (Å²) in [4.78, 5) is 6.49. The highest BCUT2D eigenvalue weighted by molar-refractivity contribution is 6.33. The van der Waals surface area contributed by atoms with E-state index in [0.29, 0.717) is 10.7 Å². The van der Waals surface area contributed by atoms with Crippen molar-refractivity contribution in [2.45, 2.75) is 13.1 Å². The molecule has 0 aliphatic rings. The van der Waals surface area contributed by atoms with Crippen LogP contribution in [0.1, 0.15) is 11.3 Å². The number of hydrogen-bond acceptors (Lipinski definition) is 3. The van der Waals surface area contributed by atoms with Gasteiger partial charge in [0.15, 0.2) is 0 Å². The number of anilines is 1. The van der Waals surface area contributed by atoms with Gasteiger partial charge in [-0.25, -0.2) is 0 Å². The second-order valence-electron chi connectivity index (χ2n) is 4.35. The molecule has 2 N–H and O–H groups in total. The van der Waals surface area contributed by atoms with Crippen LogP contribution in [0.3, 0.4) is 0 Å². The number of hydrogen-bond donors (Lipinski definition) is 1. The second kappa shape index (κ2) is 5.85. The van der Waals surface area contributed by atoms with E-state index in [1.807, 2.05) is 42.6 Å². The predicted octanol–water partition coefficient (Wildman–Crippen LogP) is 2.95. The molecule has 18 heavy (non-hydrogen) atoms. The molecule has 0 bridgehead atoms. The standard InChI is InChI=1S/C14H16ClN3/c1-18(10-12-4-2-3-7-17-12)9-11-5-6-14(16)13(15)8-11/h2-8H,9-10,16H2,1H3. The molecule has 0 amide bonds. The van der Waals surface area contributed by atoms with Crippen molar-refractivity contribution >= 4 is 17.3 Å². The topological polar surface area (TPSA) is 42.1 Å². The van der Waals surface area contributed by atoms with Crippen LogP contribution >= 0.6 is 11.6 Å². The average molecular weight is 262 g/mol. The monoisotopic (exact) mass is 261 g/mol. The molecule has 1 aromatic heterocycles.